The van der Waals surface area contributed by atoms with E-state index in [1.54, 1.807) is 12.0 Å². The van der Waals surface area contributed by atoms with Crippen molar-refractivity contribution in [3.8, 4) is 5.75 Å². The van der Waals surface area contributed by atoms with Crippen molar-refractivity contribution >= 4 is 23.6 Å². The zero-order valence-electron chi connectivity index (χ0n) is 12.1. The first-order chi connectivity index (χ1) is 10.0. The quantitative estimate of drug-likeness (QED) is 0.842. The highest BCUT2D eigenvalue weighted by atomic mass is 32.2. The third-order valence-electron chi connectivity index (χ3n) is 3.70. The van der Waals surface area contributed by atoms with E-state index in [9.17, 15) is 9.59 Å². The summed E-state index contributed by atoms with van der Waals surface area (Å²) in [6.45, 7) is 2.72. The molecule has 1 aromatic carbocycles. The fourth-order valence-corrected chi connectivity index (χ4v) is 3.20. The Morgan fingerprint density at radius 3 is 2.52 bits per heavy atom. The summed E-state index contributed by atoms with van der Waals surface area (Å²) < 4.78 is 5.08. The highest BCUT2D eigenvalue weighted by molar-refractivity contribution is 8.00. The largest absolute Gasteiger partial charge is 0.497 e. The van der Waals surface area contributed by atoms with Gasteiger partial charge >= 0.3 is 5.97 Å². The molecule has 0 aromatic heterocycles. The molecular weight excluding hydrogens is 290 g/mol. The third-order valence-corrected chi connectivity index (χ3v) is 4.70. The van der Waals surface area contributed by atoms with Crippen molar-refractivity contribution in [2.24, 2.45) is 11.8 Å². The Bertz CT molecular complexity index is 517. The van der Waals surface area contributed by atoms with Crippen molar-refractivity contribution in [1.82, 2.24) is 4.90 Å². The SMILES string of the molecule is COc1ccc(SCC(=O)N2CC(C)C(C(=O)O)C2)cc1. The van der Waals surface area contributed by atoms with E-state index in [2.05, 4.69) is 0 Å². The van der Waals surface area contributed by atoms with Gasteiger partial charge < -0.3 is 14.7 Å². The molecule has 1 N–H and O–H groups in total. The Balaban J connectivity index is 1.86. The Kier molecular flexibility index (Phi) is 5.12. The van der Waals surface area contributed by atoms with Gasteiger partial charge in [0.05, 0.1) is 18.8 Å². The molecule has 1 saturated heterocycles. The van der Waals surface area contributed by atoms with E-state index >= 15 is 0 Å². The van der Waals surface area contributed by atoms with E-state index < -0.39 is 11.9 Å². The predicted octanol–water partition coefficient (Wildman–Crippen LogP) is 1.97. The van der Waals surface area contributed by atoms with Gasteiger partial charge in [-0.25, -0.2) is 0 Å². The summed E-state index contributed by atoms with van der Waals surface area (Å²) in [4.78, 5) is 25.9. The van der Waals surface area contributed by atoms with Gasteiger partial charge in [0.1, 0.15) is 5.75 Å². The number of carboxylic acid groups (broad SMARTS) is 1. The number of rotatable bonds is 5. The zero-order valence-corrected chi connectivity index (χ0v) is 12.9. The fourth-order valence-electron chi connectivity index (χ4n) is 2.40. The van der Waals surface area contributed by atoms with Gasteiger partial charge in [-0.2, -0.15) is 0 Å². The minimum atomic E-state index is -0.819. The van der Waals surface area contributed by atoms with Gasteiger partial charge in [0, 0.05) is 18.0 Å². The molecule has 21 heavy (non-hydrogen) atoms. The minimum absolute atomic E-state index is 0.00795. The number of amides is 1. The van der Waals surface area contributed by atoms with Crippen LogP contribution in [0.3, 0.4) is 0 Å². The Hall–Kier alpha value is -1.69. The van der Waals surface area contributed by atoms with Crippen LogP contribution in [-0.2, 0) is 9.59 Å². The lowest BCUT2D eigenvalue weighted by Gasteiger charge is -2.15. The number of likely N-dealkylation sites (tertiary alicyclic amines) is 1. The van der Waals surface area contributed by atoms with Crippen LogP contribution in [0.1, 0.15) is 6.92 Å². The maximum absolute atomic E-state index is 12.1. The second kappa shape index (κ2) is 6.85. The summed E-state index contributed by atoms with van der Waals surface area (Å²) in [6, 6.07) is 7.52. The summed E-state index contributed by atoms with van der Waals surface area (Å²) in [5.74, 6) is -0.154. The fraction of sp³-hybridized carbons (Fsp3) is 0.467. The van der Waals surface area contributed by atoms with Gasteiger partial charge in [0.15, 0.2) is 0 Å². The third kappa shape index (κ3) is 3.91. The maximum atomic E-state index is 12.1. The topological polar surface area (TPSA) is 66.8 Å². The Morgan fingerprint density at radius 2 is 2.00 bits per heavy atom. The number of ether oxygens (including phenoxy) is 1. The number of thioether (sulfide) groups is 1. The lowest BCUT2D eigenvalue weighted by molar-refractivity contribution is -0.142. The lowest BCUT2D eigenvalue weighted by atomic mass is 9.99. The van der Waals surface area contributed by atoms with Crippen LogP contribution in [0.25, 0.3) is 0 Å². The van der Waals surface area contributed by atoms with Crippen LogP contribution in [0.15, 0.2) is 29.2 Å². The predicted molar refractivity (Wildman–Crippen MR) is 80.6 cm³/mol. The van der Waals surface area contributed by atoms with Gasteiger partial charge in [0.25, 0.3) is 0 Å². The van der Waals surface area contributed by atoms with Crippen molar-refractivity contribution in [3.05, 3.63) is 24.3 Å². The second-order valence-electron chi connectivity index (χ2n) is 5.18. The van der Waals surface area contributed by atoms with E-state index in [4.69, 9.17) is 9.84 Å². The number of carbonyl (C=O) groups is 2. The molecule has 0 radical (unpaired) electrons. The van der Waals surface area contributed by atoms with Crippen LogP contribution < -0.4 is 4.74 Å². The van der Waals surface area contributed by atoms with Crippen molar-refractivity contribution in [1.29, 1.82) is 0 Å². The minimum Gasteiger partial charge on any atom is -0.497 e. The molecular formula is C15H19NO4S. The molecule has 2 unspecified atom stereocenters. The van der Waals surface area contributed by atoms with Crippen LogP contribution in [0.5, 0.6) is 5.75 Å². The number of hydrogen-bond acceptors (Lipinski definition) is 4. The average Bonchev–Trinajstić information content (AvgIpc) is 2.87. The Morgan fingerprint density at radius 1 is 1.33 bits per heavy atom. The molecule has 1 aromatic rings. The summed E-state index contributed by atoms with van der Waals surface area (Å²) in [6.07, 6.45) is 0. The van der Waals surface area contributed by atoms with Crippen LogP contribution >= 0.6 is 11.8 Å². The number of methoxy groups -OCH3 is 1. The molecule has 0 aliphatic carbocycles. The van der Waals surface area contributed by atoms with E-state index in [-0.39, 0.29) is 11.8 Å². The molecule has 6 heteroatoms. The average molecular weight is 309 g/mol. The van der Waals surface area contributed by atoms with Crippen molar-refractivity contribution < 1.29 is 19.4 Å². The molecule has 1 aliphatic rings. The first-order valence-electron chi connectivity index (χ1n) is 6.78. The number of carboxylic acids is 1. The molecule has 0 saturated carbocycles. The van der Waals surface area contributed by atoms with Crippen molar-refractivity contribution in [2.45, 2.75) is 11.8 Å². The van der Waals surface area contributed by atoms with E-state index in [1.807, 2.05) is 31.2 Å². The standard InChI is InChI=1S/C15H19NO4S/c1-10-7-16(8-13(10)15(18)19)14(17)9-21-12-5-3-11(20-2)4-6-12/h3-6,10,13H,7-9H2,1-2H3,(H,18,19). The van der Waals surface area contributed by atoms with Crippen LogP contribution in [-0.4, -0.2) is 47.8 Å². The van der Waals surface area contributed by atoms with Crippen molar-refractivity contribution in [3.63, 3.8) is 0 Å². The lowest BCUT2D eigenvalue weighted by Crippen LogP contribution is -2.31. The van der Waals surface area contributed by atoms with Gasteiger partial charge in [-0.15, -0.1) is 11.8 Å². The molecule has 0 spiro atoms. The van der Waals surface area contributed by atoms with Crippen molar-refractivity contribution in [2.75, 3.05) is 26.0 Å². The van der Waals surface area contributed by atoms with Crippen LogP contribution in [0, 0.1) is 11.8 Å². The first kappa shape index (κ1) is 15.7. The van der Waals surface area contributed by atoms with Crippen LogP contribution in [0.4, 0.5) is 0 Å². The molecule has 2 atom stereocenters. The number of nitrogens with zero attached hydrogens (tertiary/aromatic N) is 1. The van der Waals surface area contributed by atoms with Gasteiger partial charge in [0.2, 0.25) is 5.91 Å². The van der Waals surface area contributed by atoms with Crippen LogP contribution in [0.2, 0.25) is 0 Å². The Labute approximate surface area is 128 Å². The smallest absolute Gasteiger partial charge is 0.308 e. The monoisotopic (exact) mass is 309 g/mol. The van der Waals surface area contributed by atoms with E-state index in [0.717, 1.165) is 10.6 Å². The first-order valence-corrected chi connectivity index (χ1v) is 7.77. The van der Waals surface area contributed by atoms with Gasteiger partial charge in [-0.1, -0.05) is 6.92 Å². The molecule has 1 aliphatic heterocycles. The second-order valence-corrected chi connectivity index (χ2v) is 6.23. The molecule has 1 amide bonds. The molecule has 1 heterocycles. The summed E-state index contributed by atoms with van der Waals surface area (Å²) in [5.41, 5.74) is 0. The summed E-state index contributed by atoms with van der Waals surface area (Å²) in [5, 5.41) is 9.09. The molecule has 1 fully saturated rings. The molecule has 2 rings (SSSR count). The molecule has 114 valence electrons. The van der Waals surface area contributed by atoms with Gasteiger partial charge in [-0.05, 0) is 30.2 Å². The zero-order chi connectivity index (χ0) is 15.4. The van der Waals surface area contributed by atoms with E-state index in [0.29, 0.717) is 18.8 Å². The number of aliphatic carboxylic acids is 1. The normalized spacial score (nSPS) is 21.3. The highest BCUT2D eigenvalue weighted by Crippen LogP contribution is 2.26. The highest BCUT2D eigenvalue weighted by Gasteiger charge is 2.36. The molecule has 0 bridgehead atoms. The van der Waals surface area contributed by atoms with E-state index in [1.165, 1.54) is 11.8 Å². The number of hydrogen-bond donors (Lipinski definition) is 1. The molecule has 5 nitrogen and oxygen atoms in total. The number of carbonyl (C=O) groups excluding carboxylic acids is 1. The van der Waals surface area contributed by atoms with Gasteiger partial charge in [-0.3, -0.25) is 9.59 Å². The maximum Gasteiger partial charge on any atom is 0.308 e. The summed E-state index contributed by atoms with van der Waals surface area (Å²) >= 11 is 1.45. The number of benzene rings is 1. The summed E-state index contributed by atoms with van der Waals surface area (Å²) in [7, 11) is 1.61.